The third-order valence-electron chi connectivity index (χ3n) is 2.57. The van der Waals surface area contributed by atoms with E-state index < -0.39 is 6.10 Å². The predicted octanol–water partition coefficient (Wildman–Crippen LogP) is 2.63. The molecule has 0 aromatic heterocycles. The molecule has 0 fully saturated rings. The Hall–Kier alpha value is -0.870. The zero-order chi connectivity index (χ0) is 11.5. The molecule has 1 aliphatic rings. The highest BCUT2D eigenvalue weighted by Crippen LogP contribution is 2.32. The molecule has 2 rings (SSSR count). The lowest BCUT2D eigenvalue weighted by Gasteiger charge is -2.25. The van der Waals surface area contributed by atoms with Crippen molar-refractivity contribution in [3.63, 3.8) is 0 Å². The Morgan fingerprint density at radius 3 is 3.19 bits per heavy atom. The molecule has 0 aliphatic carbocycles. The van der Waals surface area contributed by atoms with Crippen LogP contribution >= 0.6 is 15.9 Å². The summed E-state index contributed by atoms with van der Waals surface area (Å²) in [4.78, 5) is 11.7. The second-order valence-corrected chi connectivity index (χ2v) is 4.41. The number of hydrogen-bond acceptors (Lipinski definition) is 3. The number of esters is 1. The van der Waals surface area contributed by atoms with Gasteiger partial charge in [-0.25, -0.2) is 4.79 Å². The molecule has 0 bridgehead atoms. The van der Waals surface area contributed by atoms with Crippen LogP contribution in [0.2, 0.25) is 0 Å². The molecule has 0 unspecified atom stereocenters. The molecule has 1 aromatic rings. The summed E-state index contributed by atoms with van der Waals surface area (Å²) in [7, 11) is 0. The molecule has 1 aromatic carbocycles. The second-order valence-electron chi connectivity index (χ2n) is 3.56. The van der Waals surface area contributed by atoms with Gasteiger partial charge >= 0.3 is 5.97 Å². The van der Waals surface area contributed by atoms with E-state index in [9.17, 15) is 4.79 Å². The highest BCUT2D eigenvalue weighted by atomic mass is 79.9. The van der Waals surface area contributed by atoms with E-state index in [1.165, 1.54) is 0 Å². The van der Waals surface area contributed by atoms with Crippen molar-refractivity contribution in [2.24, 2.45) is 0 Å². The Morgan fingerprint density at radius 1 is 1.62 bits per heavy atom. The Morgan fingerprint density at radius 2 is 2.44 bits per heavy atom. The van der Waals surface area contributed by atoms with Crippen molar-refractivity contribution in [2.75, 3.05) is 13.2 Å². The molecule has 0 spiro atoms. The van der Waals surface area contributed by atoms with Crippen LogP contribution in [0.4, 0.5) is 0 Å². The van der Waals surface area contributed by atoms with Gasteiger partial charge in [0.2, 0.25) is 0 Å². The third kappa shape index (κ3) is 2.13. The maximum absolute atomic E-state index is 11.7. The maximum Gasteiger partial charge on any atom is 0.339 e. The average Bonchev–Trinajstić information content (AvgIpc) is 2.29. The zero-order valence-corrected chi connectivity index (χ0v) is 10.6. The van der Waals surface area contributed by atoms with Gasteiger partial charge in [0, 0.05) is 4.47 Å². The van der Waals surface area contributed by atoms with Crippen molar-refractivity contribution in [3.05, 3.63) is 33.8 Å². The first-order valence-corrected chi connectivity index (χ1v) is 6.09. The van der Waals surface area contributed by atoms with Gasteiger partial charge in [-0.3, -0.25) is 0 Å². The molecule has 16 heavy (non-hydrogen) atoms. The minimum atomic E-state index is -0.568. The number of carbonyl (C=O) groups is 1. The van der Waals surface area contributed by atoms with Gasteiger partial charge in [-0.15, -0.1) is 0 Å². The van der Waals surface area contributed by atoms with Gasteiger partial charge in [0.1, 0.15) is 0 Å². The van der Waals surface area contributed by atoms with Crippen LogP contribution in [0, 0.1) is 0 Å². The predicted molar refractivity (Wildman–Crippen MR) is 63.2 cm³/mol. The SMILES string of the molecule is CCOC(=O)[C@H]1OCCc2c(Br)cccc21. The fourth-order valence-corrected chi connectivity index (χ4v) is 2.45. The number of rotatable bonds is 2. The monoisotopic (exact) mass is 284 g/mol. The number of carbonyl (C=O) groups excluding carboxylic acids is 1. The van der Waals surface area contributed by atoms with Crippen molar-refractivity contribution in [2.45, 2.75) is 19.4 Å². The van der Waals surface area contributed by atoms with Crippen LogP contribution < -0.4 is 0 Å². The normalized spacial score (nSPS) is 19.0. The zero-order valence-electron chi connectivity index (χ0n) is 9.03. The molecule has 0 N–H and O–H groups in total. The topological polar surface area (TPSA) is 35.5 Å². The standard InChI is InChI=1S/C12H13BrO3/c1-2-15-12(14)11-9-4-3-5-10(13)8(9)6-7-16-11/h3-5,11H,2,6-7H2,1H3/t11-/m0/s1. The van der Waals surface area contributed by atoms with Gasteiger partial charge in [0.05, 0.1) is 13.2 Å². The average molecular weight is 285 g/mol. The number of fused-ring (bicyclic) bond motifs is 1. The Balaban J connectivity index is 2.33. The summed E-state index contributed by atoms with van der Waals surface area (Å²) >= 11 is 3.49. The van der Waals surface area contributed by atoms with Crippen LogP contribution in [0.3, 0.4) is 0 Å². The molecule has 0 radical (unpaired) electrons. The Bertz CT molecular complexity index is 403. The van der Waals surface area contributed by atoms with Gasteiger partial charge in [0.25, 0.3) is 0 Å². The van der Waals surface area contributed by atoms with Crippen molar-refractivity contribution >= 4 is 21.9 Å². The second kappa shape index (κ2) is 4.97. The molecule has 0 saturated carbocycles. The van der Waals surface area contributed by atoms with E-state index in [-0.39, 0.29) is 5.97 Å². The molecule has 3 nitrogen and oxygen atoms in total. The van der Waals surface area contributed by atoms with E-state index in [0.29, 0.717) is 13.2 Å². The van der Waals surface area contributed by atoms with Gasteiger partial charge in [-0.05, 0) is 30.5 Å². The van der Waals surface area contributed by atoms with Crippen LogP contribution in [0.1, 0.15) is 24.2 Å². The lowest BCUT2D eigenvalue weighted by atomic mass is 9.98. The van der Waals surface area contributed by atoms with Crippen LogP contribution in [0.25, 0.3) is 0 Å². The fourth-order valence-electron chi connectivity index (χ4n) is 1.87. The summed E-state index contributed by atoms with van der Waals surface area (Å²) < 4.78 is 11.5. The Kier molecular flexibility index (Phi) is 3.61. The van der Waals surface area contributed by atoms with Crippen LogP contribution in [0.5, 0.6) is 0 Å². The molecular formula is C12H13BrO3. The van der Waals surface area contributed by atoms with Gasteiger partial charge in [-0.1, -0.05) is 28.1 Å². The quantitative estimate of drug-likeness (QED) is 0.784. The van der Waals surface area contributed by atoms with Gasteiger partial charge < -0.3 is 9.47 Å². The van der Waals surface area contributed by atoms with Gasteiger partial charge in [0.15, 0.2) is 6.10 Å². The van der Waals surface area contributed by atoms with E-state index in [1.54, 1.807) is 6.92 Å². The van der Waals surface area contributed by atoms with Crippen molar-refractivity contribution in [1.29, 1.82) is 0 Å². The highest BCUT2D eigenvalue weighted by molar-refractivity contribution is 9.10. The minimum absolute atomic E-state index is 0.304. The largest absolute Gasteiger partial charge is 0.464 e. The summed E-state index contributed by atoms with van der Waals surface area (Å²) in [6.07, 6.45) is 0.258. The summed E-state index contributed by atoms with van der Waals surface area (Å²) in [5, 5.41) is 0. The van der Waals surface area contributed by atoms with Gasteiger partial charge in [-0.2, -0.15) is 0 Å². The number of hydrogen-bond donors (Lipinski definition) is 0. The molecular weight excluding hydrogens is 272 g/mol. The lowest BCUT2D eigenvalue weighted by molar-refractivity contribution is -0.158. The molecule has 86 valence electrons. The maximum atomic E-state index is 11.7. The highest BCUT2D eigenvalue weighted by Gasteiger charge is 2.29. The third-order valence-corrected chi connectivity index (χ3v) is 3.32. The molecule has 0 amide bonds. The summed E-state index contributed by atoms with van der Waals surface area (Å²) in [6, 6.07) is 5.80. The van der Waals surface area contributed by atoms with E-state index in [2.05, 4.69) is 15.9 Å². The first kappa shape index (κ1) is 11.6. The number of benzene rings is 1. The van der Waals surface area contributed by atoms with E-state index >= 15 is 0 Å². The van der Waals surface area contributed by atoms with Crippen molar-refractivity contribution in [3.8, 4) is 0 Å². The summed E-state index contributed by atoms with van der Waals surface area (Å²) in [6.45, 7) is 2.73. The fraction of sp³-hybridized carbons (Fsp3) is 0.417. The van der Waals surface area contributed by atoms with Crippen LogP contribution in [0.15, 0.2) is 22.7 Å². The summed E-state index contributed by atoms with van der Waals surface area (Å²) in [5.41, 5.74) is 2.06. The molecule has 4 heteroatoms. The van der Waals surface area contributed by atoms with Crippen molar-refractivity contribution in [1.82, 2.24) is 0 Å². The number of halogens is 1. The van der Waals surface area contributed by atoms with Crippen LogP contribution in [-0.2, 0) is 20.7 Å². The Labute approximate surface area is 103 Å². The first-order valence-electron chi connectivity index (χ1n) is 5.29. The minimum Gasteiger partial charge on any atom is -0.464 e. The smallest absolute Gasteiger partial charge is 0.339 e. The first-order chi connectivity index (χ1) is 7.74. The van der Waals surface area contributed by atoms with E-state index in [1.807, 2.05) is 18.2 Å². The molecule has 1 aliphatic heterocycles. The molecule has 1 atom stereocenters. The van der Waals surface area contributed by atoms with E-state index in [4.69, 9.17) is 9.47 Å². The lowest BCUT2D eigenvalue weighted by Crippen LogP contribution is -2.25. The summed E-state index contributed by atoms with van der Waals surface area (Å²) in [5.74, 6) is -0.304. The van der Waals surface area contributed by atoms with Crippen LogP contribution in [-0.4, -0.2) is 19.2 Å². The number of ether oxygens (including phenoxy) is 2. The molecule has 1 heterocycles. The molecule has 0 saturated heterocycles. The van der Waals surface area contributed by atoms with Crippen molar-refractivity contribution < 1.29 is 14.3 Å². The van der Waals surface area contributed by atoms with E-state index in [0.717, 1.165) is 22.0 Å².